The van der Waals surface area contributed by atoms with E-state index in [0.717, 1.165) is 23.8 Å². The average molecular weight is 555 g/mol. The van der Waals surface area contributed by atoms with Crippen molar-refractivity contribution in [2.75, 3.05) is 0 Å². The molecule has 9 heteroatoms. The lowest BCUT2D eigenvalue weighted by Crippen LogP contribution is -2.09. The third-order valence-corrected chi connectivity index (χ3v) is 6.40. The number of hydrogen-bond acceptors (Lipinski definition) is 2. The Balaban J connectivity index is 1.57. The van der Waals surface area contributed by atoms with E-state index in [9.17, 15) is 30.7 Å². The Morgan fingerprint density at radius 2 is 1.32 bits per heavy atom. The fourth-order valence-corrected chi connectivity index (χ4v) is 4.60. The van der Waals surface area contributed by atoms with Gasteiger partial charge in [-0.2, -0.15) is 26.3 Å². The van der Waals surface area contributed by atoms with E-state index in [2.05, 4.69) is 4.98 Å². The van der Waals surface area contributed by atoms with E-state index in [1.165, 1.54) is 12.3 Å². The summed E-state index contributed by atoms with van der Waals surface area (Å²) >= 11 is 0. The molecule has 0 fully saturated rings. The molecule has 0 aliphatic carbocycles. The number of fused-ring (bicyclic) bond motifs is 1. The Kier molecular flexibility index (Phi) is 7.23. The number of para-hydroxylation sites is 1. The normalized spacial score (nSPS) is 12.1. The zero-order valence-electron chi connectivity index (χ0n) is 20.7. The first-order chi connectivity index (χ1) is 19.0. The van der Waals surface area contributed by atoms with Gasteiger partial charge in [-0.25, -0.2) is 4.39 Å². The summed E-state index contributed by atoms with van der Waals surface area (Å²) in [6.07, 6.45) is -7.67. The van der Waals surface area contributed by atoms with Crippen LogP contribution in [0.2, 0.25) is 0 Å². The maximum atomic E-state index is 14.4. The Hall–Kier alpha value is -4.40. The van der Waals surface area contributed by atoms with Crippen molar-refractivity contribution in [3.8, 4) is 16.9 Å². The molecule has 0 bridgehead atoms. The molecule has 4 aromatic carbocycles. The zero-order valence-corrected chi connectivity index (χ0v) is 20.7. The van der Waals surface area contributed by atoms with Crippen LogP contribution in [-0.2, 0) is 25.4 Å². The Bertz CT molecular complexity index is 1660. The first-order valence-electron chi connectivity index (χ1n) is 12.1. The standard InChI is InChI=1S/C31H20F7NO/c32-28-24(30(33,34)35)12-6-14-26(28)40-18-20-9-4-10-21(16-20)27-22(15-19-7-2-1-3-8-19)17-39-29-23(27)11-5-13-25(29)31(36,37)38/h1-14,16-17H,15,18H2. The van der Waals surface area contributed by atoms with E-state index in [0.29, 0.717) is 40.1 Å². The molecule has 1 heterocycles. The van der Waals surface area contributed by atoms with E-state index < -0.39 is 35.0 Å². The Morgan fingerprint density at radius 3 is 2.05 bits per heavy atom. The van der Waals surface area contributed by atoms with Gasteiger partial charge in [-0.3, -0.25) is 4.98 Å². The largest absolute Gasteiger partial charge is 0.486 e. The Morgan fingerprint density at radius 1 is 0.675 bits per heavy atom. The minimum Gasteiger partial charge on any atom is -0.486 e. The first-order valence-corrected chi connectivity index (χ1v) is 12.1. The van der Waals surface area contributed by atoms with Crippen LogP contribution in [0.4, 0.5) is 30.7 Å². The molecule has 0 aliphatic heterocycles. The molecule has 5 rings (SSSR count). The average Bonchev–Trinajstić information content (AvgIpc) is 2.91. The molecule has 40 heavy (non-hydrogen) atoms. The number of ether oxygens (including phenoxy) is 1. The molecule has 5 aromatic rings. The van der Waals surface area contributed by atoms with Gasteiger partial charge in [0.15, 0.2) is 11.6 Å². The smallest absolute Gasteiger partial charge is 0.419 e. The van der Waals surface area contributed by atoms with Crippen LogP contribution in [0.3, 0.4) is 0 Å². The van der Waals surface area contributed by atoms with Gasteiger partial charge in [0.2, 0.25) is 0 Å². The van der Waals surface area contributed by atoms with Crippen LogP contribution in [-0.4, -0.2) is 4.98 Å². The van der Waals surface area contributed by atoms with E-state index in [1.54, 1.807) is 30.3 Å². The summed E-state index contributed by atoms with van der Waals surface area (Å²) in [7, 11) is 0. The number of halogens is 7. The highest BCUT2D eigenvalue weighted by molar-refractivity contribution is 5.98. The highest BCUT2D eigenvalue weighted by atomic mass is 19.4. The Labute approximate surface area is 224 Å². The number of aromatic nitrogens is 1. The van der Waals surface area contributed by atoms with Crippen molar-refractivity contribution in [2.45, 2.75) is 25.4 Å². The van der Waals surface area contributed by atoms with Crippen LogP contribution < -0.4 is 4.74 Å². The molecule has 0 unspecified atom stereocenters. The second-order valence-corrected chi connectivity index (χ2v) is 9.12. The van der Waals surface area contributed by atoms with Crippen LogP contribution >= 0.6 is 0 Å². The lowest BCUT2D eigenvalue weighted by molar-refractivity contribution is -0.140. The summed E-state index contributed by atoms with van der Waals surface area (Å²) in [5.74, 6) is -2.08. The first kappa shape index (κ1) is 27.2. The number of pyridine rings is 1. The van der Waals surface area contributed by atoms with Crippen LogP contribution in [0.25, 0.3) is 22.0 Å². The molecule has 0 saturated carbocycles. The molecule has 204 valence electrons. The van der Waals surface area contributed by atoms with Crippen LogP contribution in [0, 0.1) is 5.82 Å². The van der Waals surface area contributed by atoms with Gasteiger partial charge in [0, 0.05) is 11.6 Å². The lowest BCUT2D eigenvalue weighted by atomic mass is 9.91. The van der Waals surface area contributed by atoms with Crippen molar-refractivity contribution >= 4 is 10.9 Å². The van der Waals surface area contributed by atoms with Gasteiger partial charge in [-0.15, -0.1) is 0 Å². The van der Waals surface area contributed by atoms with Crippen molar-refractivity contribution in [3.05, 3.63) is 131 Å². The molecule has 1 aromatic heterocycles. The number of rotatable bonds is 6. The van der Waals surface area contributed by atoms with Gasteiger partial charge in [0.05, 0.1) is 16.6 Å². The molecule has 2 nitrogen and oxygen atoms in total. The van der Waals surface area contributed by atoms with Crippen molar-refractivity contribution in [2.24, 2.45) is 0 Å². The van der Waals surface area contributed by atoms with Gasteiger partial charge in [-0.05, 0) is 58.5 Å². The maximum absolute atomic E-state index is 14.4. The monoisotopic (exact) mass is 555 g/mol. The predicted molar refractivity (Wildman–Crippen MR) is 137 cm³/mol. The summed E-state index contributed by atoms with van der Waals surface area (Å²) in [5.41, 5.74) is 0.684. The van der Waals surface area contributed by atoms with E-state index >= 15 is 0 Å². The second kappa shape index (κ2) is 10.6. The summed E-state index contributed by atoms with van der Waals surface area (Å²) < 4.78 is 100. The number of nitrogens with zero attached hydrogens (tertiary/aromatic N) is 1. The van der Waals surface area contributed by atoms with E-state index in [4.69, 9.17) is 4.74 Å². The quantitative estimate of drug-likeness (QED) is 0.195. The van der Waals surface area contributed by atoms with Crippen molar-refractivity contribution < 1.29 is 35.5 Å². The highest BCUT2D eigenvalue weighted by Crippen LogP contribution is 2.39. The minimum absolute atomic E-state index is 0.200. The van der Waals surface area contributed by atoms with Gasteiger partial charge in [0.1, 0.15) is 6.61 Å². The third kappa shape index (κ3) is 5.64. The van der Waals surface area contributed by atoms with Crippen LogP contribution in [0.15, 0.2) is 97.2 Å². The van der Waals surface area contributed by atoms with Crippen molar-refractivity contribution in [1.82, 2.24) is 4.98 Å². The van der Waals surface area contributed by atoms with Crippen LogP contribution in [0.1, 0.15) is 27.8 Å². The number of alkyl halides is 6. The number of benzene rings is 4. The second-order valence-electron chi connectivity index (χ2n) is 9.12. The summed E-state index contributed by atoms with van der Waals surface area (Å²) in [6, 6.07) is 22.7. The van der Waals surface area contributed by atoms with Gasteiger partial charge in [-0.1, -0.05) is 66.7 Å². The molecule has 0 aliphatic rings. The molecule has 0 spiro atoms. The molecular weight excluding hydrogens is 535 g/mol. The van der Waals surface area contributed by atoms with E-state index in [1.807, 2.05) is 30.3 Å². The SMILES string of the molecule is Fc1c(OCc2cccc(-c3c(Cc4ccccc4)cnc4c(C(F)(F)F)cccc34)c2)cccc1C(F)(F)F. The predicted octanol–water partition coefficient (Wildman–Crippen LogP) is 9.25. The summed E-state index contributed by atoms with van der Waals surface area (Å²) in [5, 5.41) is 0.297. The molecule has 0 saturated heterocycles. The van der Waals surface area contributed by atoms with Crippen LogP contribution in [0.5, 0.6) is 5.75 Å². The van der Waals surface area contributed by atoms with Gasteiger partial charge in [0.25, 0.3) is 0 Å². The minimum atomic E-state index is -4.88. The third-order valence-electron chi connectivity index (χ3n) is 6.40. The van der Waals surface area contributed by atoms with Crippen molar-refractivity contribution in [1.29, 1.82) is 0 Å². The zero-order chi connectivity index (χ0) is 28.5. The molecule has 0 radical (unpaired) electrons. The topological polar surface area (TPSA) is 22.1 Å². The molecule has 0 N–H and O–H groups in total. The number of hydrogen-bond donors (Lipinski definition) is 0. The molecule has 0 amide bonds. The summed E-state index contributed by atoms with van der Waals surface area (Å²) in [6.45, 7) is -0.267. The fraction of sp³-hybridized carbons (Fsp3) is 0.129. The van der Waals surface area contributed by atoms with E-state index in [-0.39, 0.29) is 12.1 Å². The van der Waals surface area contributed by atoms with Gasteiger partial charge >= 0.3 is 12.4 Å². The molecular formula is C31H20F7NO. The summed E-state index contributed by atoms with van der Waals surface area (Å²) in [4.78, 5) is 4.19. The molecule has 0 atom stereocenters. The van der Waals surface area contributed by atoms with Crippen molar-refractivity contribution in [3.63, 3.8) is 0 Å². The van der Waals surface area contributed by atoms with Gasteiger partial charge < -0.3 is 4.74 Å². The highest BCUT2D eigenvalue weighted by Gasteiger charge is 2.35. The lowest BCUT2D eigenvalue weighted by Gasteiger charge is -2.17. The fourth-order valence-electron chi connectivity index (χ4n) is 4.60. The maximum Gasteiger partial charge on any atom is 0.419 e.